The third-order valence-corrected chi connectivity index (χ3v) is 3.78. The van der Waals surface area contributed by atoms with E-state index in [1.165, 1.54) is 0 Å². The van der Waals surface area contributed by atoms with Gasteiger partial charge in [0, 0.05) is 25.4 Å². The number of carbonyl (C=O) groups is 1. The van der Waals surface area contributed by atoms with Crippen LogP contribution in [0.5, 0.6) is 0 Å². The molecule has 0 radical (unpaired) electrons. The summed E-state index contributed by atoms with van der Waals surface area (Å²) < 4.78 is 1.64. The molecule has 5 heteroatoms. The first-order valence-corrected chi connectivity index (χ1v) is 7.43. The minimum Gasteiger partial charge on any atom is -0.350 e. The van der Waals surface area contributed by atoms with Gasteiger partial charge in [-0.2, -0.15) is 0 Å². The zero-order chi connectivity index (χ0) is 16.2. The van der Waals surface area contributed by atoms with Gasteiger partial charge in [0.05, 0.1) is 5.52 Å². The van der Waals surface area contributed by atoms with Crippen molar-refractivity contribution < 1.29 is 4.79 Å². The Balaban J connectivity index is 1.74. The number of nitrogens with zero attached hydrogens (tertiary/aromatic N) is 2. The molecule has 0 saturated heterocycles. The number of pyridine rings is 2. The van der Waals surface area contributed by atoms with Crippen LogP contribution in [0.25, 0.3) is 10.9 Å². The monoisotopic (exact) mass is 307 g/mol. The van der Waals surface area contributed by atoms with E-state index in [1.807, 2.05) is 30.3 Å². The molecule has 116 valence electrons. The number of aryl methyl sites for hydroxylation is 1. The maximum atomic E-state index is 12.4. The van der Waals surface area contributed by atoms with Gasteiger partial charge in [0.2, 0.25) is 0 Å². The van der Waals surface area contributed by atoms with Crippen molar-refractivity contribution >= 4 is 16.8 Å². The van der Waals surface area contributed by atoms with Gasteiger partial charge in [-0.1, -0.05) is 24.3 Å². The first-order valence-electron chi connectivity index (χ1n) is 7.43. The predicted octanol–water partition coefficient (Wildman–Crippen LogP) is 1.91. The molecule has 0 saturated carbocycles. The fraction of sp³-hybridized carbons (Fsp3) is 0.167. The van der Waals surface area contributed by atoms with E-state index < -0.39 is 0 Å². The van der Waals surface area contributed by atoms with Crippen molar-refractivity contribution in [2.75, 3.05) is 6.54 Å². The highest BCUT2D eigenvalue weighted by atomic mass is 16.2. The molecule has 0 atom stereocenters. The number of hydrogen-bond donors (Lipinski definition) is 1. The Bertz CT molecular complexity index is 901. The fourth-order valence-electron chi connectivity index (χ4n) is 2.57. The lowest BCUT2D eigenvalue weighted by molar-refractivity contribution is 0.0949. The first kappa shape index (κ1) is 15.0. The Hall–Kier alpha value is -2.95. The summed E-state index contributed by atoms with van der Waals surface area (Å²) in [5, 5.41) is 3.81. The van der Waals surface area contributed by atoms with E-state index in [2.05, 4.69) is 10.3 Å². The lowest BCUT2D eigenvalue weighted by atomic mass is 10.1. The van der Waals surface area contributed by atoms with Gasteiger partial charge in [-0.05, 0) is 36.1 Å². The quantitative estimate of drug-likeness (QED) is 0.801. The Morgan fingerprint density at radius 3 is 2.74 bits per heavy atom. The summed E-state index contributed by atoms with van der Waals surface area (Å²) in [6, 6.07) is 14.8. The molecule has 3 aromatic rings. The topological polar surface area (TPSA) is 64.0 Å². The highest BCUT2D eigenvalue weighted by Gasteiger charge is 2.08. The van der Waals surface area contributed by atoms with Gasteiger partial charge < -0.3 is 9.88 Å². The molecule has 2 heterocycles. The number of rotatable bonds is 4. The first-order chi connectivity index (χ1) is 11.2. The summed E-state index contributed by atoms with van der Waals surface area (Å²) in [5.41, 5.74) is 1.93. The van der Waals surface area contributed by atoms with Gasteiger partial charge in [-0.3, -0.25) is 14.6 Å². The lowest BCUT2D eigenvalue weighted by Gasteiger charge is -2.09. The van der Waals surface area contributed by atoms with Crippen LogP contribution in [-0.2, 0) is 13.5 Å². The van der Waals surface area contributed by atoms with Crippen LogP contribution in [0.4, 0.5) is 0 Å². The molecule has 0 unspecified atom stereocenters. The molecule has 0 fully saturated rings. The number of benzene rings is 1. The summed E-state index contributed by atoms with van der Waals surface area (Å²) in [6.45, 7) is 0.392. The Morgan fingerprint density at radius 2 is 1.96 bits per heavy atom. The zero-order valence-corrected chi connectivity index (χ0v) is 12.8. The number of hydrogen-bond acceptors (Lipinski definition) is 3. The van der Waals surface area contributed by atoms with E-state index in [9.17, 15) is 9.59 Å². The van der Waals surface area contributed by atoms with Crippen molar-refractivity contribution in [1.29, 1.82) is 0 Å². The van der Waals surface area contributed by atoms with Crippen LogP contribution in [0, 0.1) is 0 Å². The van der Waals surface area contributed by atoms with Gasteiger partial charge in [0.1, 0.15) is 5.69 Å². The smallest absolute Gasteiger partial charge is 0.269 e. The molecule has 0 aliphatic carbocycles. The van der Waals surface area contributed by atoms with Gasteiger partial charge in [-0.25, -0.2) is 0 Å². The summed E-state index contributed by atoms with van der Waals surface area (Å²) in [4.78, 5) is 28.3. The van der Waals surface area contributed by atoms with Gasteiger partial charge in [0.15, 0.2) is 0 Å². The Kier molecular flexibility index (Phi) is 4.19. The molecular formula is C18H17N3O2. The minimum atomic E-state index is -0.233. The van der Waals surface area contributed by atoms with Crippen LogP contribution in [0.1, 0.15) is 16.1 Å². The Morgan fingerprint density at radius 1 is 1.17 bits per heavy atom. The van der Waals surface area contributed by atoms with E-state index in [4.69, 9.17) is 0 Å². The van der Waals surface area contributed by atoms with E-state index in [1.54, 1.807) is 36.0 Å². The second-order valence-corrected chi connectivity index (χ2v) is 5.31. The van der Waals surface area contributed by atoms with Crippen molar-refractivity contribution in [3.05, 3.63) is 76.3 Å². The second kappa shape index (κ2) is 6.44. The van der Waals surface area contributed by atoms with Crippen LogP contribution in [0.2, 0.25) is 0 Å². The van der Waals surface area contributed by atoms with Gasteiger partial charge in [-0.15, -0.1) is 0 Å². The van der Waals surface area contributed by atoms with Crippen LogP contribution >= 0.6 is 0 Å². The average molecular weight is 307 g/mol. The molecule has 0 spiro atoms. The van der Waals surface area contributed by atoms with Crippen molar-refractivity contribution in [2.24, 2.45) is 7.05 Å². The van der Waals surface area contributed by atoms with Crippen molar-refractivity contribution in [3.63, 3.8) is 0 Å². The maximum absolute atomic E-state index is 12.4. The third kappa shape index (κ3) is 3.13. The van der Waals surface area contributed by atoms with E-state index in [0.29, 0.717) is 24.2 Å². The van der Waals surface area contributed by atoms with E-state index >= 15 is 0 Å². The number of nitrogens with one attached hydrogen (secondary N) is 1. The molecule has 5 nitrogen and oxygen atoms in total. The molecule has 0 aliphatic heterocycles. The normalized spacial score (nSPS) is 10.7. The van der Waals surface area contributed by atoms with Crippen LogP contribution in [0.15, 0.2) is 59.5 Å². The third-order valence-electron chi connectivity index (χ3n) is 3.78. The Labute approximate surface area is 133 Å². The molecule has 3 rings (SSSR count). The SMILES string of the molecule is Cn1c(=O)c(CCNC(=O)c2ccccn2)cc2ccccc21. The number of aromatic nitrogens is 2. The molecule has 1 N–H and O–H groups in total. The number of amides is 1. The van der Waals surface area contributed by atoms with Gasteiger partial charge >= 0.3 is 0 Å². The summed E-state index contributed by atoms with van der Waals surface area (Å²) in [5.74, 6) is -0.233. The molecule has 1 aromatic carbocycles. The van der Waals surface area contributed by atoms with Crippen LogP contribution < -0.4 is 10.9 Å². The standard InChI is InChI=1S/C18H17N3O2/c1-21-16-8-3-2-6-13(16)12-14(18(21)23)9-11-20-17(22)15-7-4-5-10-19-15/h2-8,10,12H,9,11H2,1H3,(H,20,22). The highest BCUT2D eigenvalue weighted by Crippen LogP contribution is 2.12. The summed E-state index contributed by atoms with van der Waals surface area (Å²) >= 11 is 0. The van der Waals surface area contributed by atoms with Crippen molar-refractivity contribution in [2.45, 2.75) is 6.42 Å². The lowest BCUT2D eigenvalue weighted by Crippen LogP contribution is -2.29. The van der Waals surface area contributed by atoms with Gasteiger partial charge in [0.25, 0.3) is 11.5 Å². The minimum absolute atomic E-state index is 0.0317. The second-order valence-electron chi connectivity index (χ2n) is 5.31. The highest BCUT2D eigenvalue weighted by molar-refractivity contribution is 5.92. The summed E-state index contributed by atoms with van der Waals surface area (Å²) in [7, 11) is 1.76. The average Bonchev–Trinajstić information content (AvgIpc) is 2.60. The molecule has 0 bridgehead atoms. The summed E-state index contributed by atoms with van der Waals surface area (Å²) in [6.07, 6.45) is 2.06. The molecular weight excluding hydrogens is 290 g/mol. The van der Waals surface area contributed by atoms with Crippen molar-refractivity contribution in [1.82, 2.24) is 14.9 Å². The maximum Gasteiger partial charge on any atom is 0.269 e. The predicted molar refractivity (Wildman–Crippen MR) is 89.5 cm³/mol. The molecule has 23 heavy (non-hydrogen) atoms. The zero-order valence-electron chi connectivity index (χ0n) is 12.8. The van der Waals surface area contributed by atoms with E-state index in [0.717, 1.165) is 10.9 Å². The number of carbonyl (C=O) groups excluding carboxylic acids is 1. The molecule has 1 amide bonds. The van der Waals surface area contributed by atoms with Crippen molar-refractivity contribution in [3.8, 4) is 0 Å². The largest absolute Gasteiger partial charge is 0.350 e. The molecule has 2 aromatic heterocycles. The van der Waals surface area contributed by atoms with E-state index in [-0.39, 0.29) is 11.5 Å². The number of para-hydroxylation sites is 1. The number of fused-ring (bicyclic) bond motifs is 1. The van der Waals surface area contributed by atoms with Crippen LogP contribution in [0.3, 0.4) is 0 Å². The molecule has 0 aliphatic rings. The fourth-order valence-corrected chi connectivity index (χ4v) is 2.57. The van der Waals surface area contributed by atoms with Crippen LogP contribution in [-0.4, -0.2) is 22.0 Å².